The highest BCUT2D eigenvalue weighted by molar-refractivity contribution is 5.97. The van der Waals surface area contributed by atoms with Crippen LogP contribution in [0.5, 0.6) is 5.75 Å². The highest BCUT2D eigenvalue weighted by atomic mass is 16.5. The van der Waals surface area contributed by atoms with Gasteiger partial charge >= 0.3 is 5.97 Å². The molecule has 0 fully saturated rings. The predicted molar refractivity (Wildman–Crippen MR) is 65.6 cm³/mol. The maximum atomic E-state index is 11.1. The number of aromatic carboxylic acids is 1. The lowest BCUT2D eigenvalue weighted by Gasteiger charge is -2.09. The number of nitrogens with two attached hydrogens (primary N) is 1. The molecule has 2 aromatic carbocycles. The molecule has 2 rings (SSSR count). The summed E-state index contributed by atoms with van der Waals surface area (Å²) in [5.74, 6) is -1.63. The molecule has 0 aliphatic rings. The number of ether oxygens (including phenoxy) is 1. The molecule has 0 spiro atoms. The van der Waals surface area contributed by atoms with Gasteiger partial charge in [-0.15, -0.1) is 0 Å². The number of carboxylic acid groups (broad SMARTS) is 1. The quantitative estimate of drug-likeness (QED) is 0.852. The molecular formula is C13H11NO4. The summed E-state index contributed by atoms with van der Waals surface area (Å²) in [7, 11) is 0. The van der Waals surface area contributed by atoms with Crippen molar-refractivity contribution in [3.8, 4) is 5.75 Å². The van der Waals surface area contributed by atoms with Gasteiger partial charge in [-0.25, -0.2) is 4.79 Å². The van der Waals surface area contributed by atoms with Gasteiger partial charge in [-0.05, 0) is 22.9 Å². The zero-order chi connectivity index (χ0) is 13.1. The first kappa shape index (κ1) is 11.9. The molecule has 92 valence electrons. The number of carbonyl (C=O) groups is 2. The maximum Gasteiger partial charge on any atom is 0.339 e. The van der Waals surface area contributed by atoms with Gasteiger partial charge in [0.15, 0.2) is 6.61 Å². The van der Waals surface area contributed by atoms with Gasteiger partial charge in [0, 0.05) is 0 Å². The van der Waals surface area contributed by atoms with Gasteiger partial charge in [0.05, 0.1) is 0 Å². The molecule has 5 nitrogen and oxygen atoms in total. The number of fused-ring (bicyclic) bond motifs is 1. The van der Waals surface area contributed by atoms with Crippen LogP contribution in [0.3, 0.4) is 0 Å². The molecule has 3 N–H and O–H groups in total. The Hall–Kier alpha value is -2.56. The largest absolute Gasteiger partial charge is 0.483 e. The molecule has 0 aromatic heterocycles. The summed E-state index contributed by atoms with van der Waals surface area (Å²) in [4.78, 5) is 21.8. The summed E-state index contributed by atoms with van der Waals surface area (Å²) < 4.78 is 5.11. The average Bonchev–Trinajstić information content (AvgIpc) is 2.35. The molecular weight excluding hydrogens is 234 g/mol. The Kier molecular flexibility index (Phi) is 3.14. The molecule has 18 heavy (non-hydrogen) atoms. The van der Waals surface area contributed by atoms with E-state index < -0.39 is 11.9 Å². The Balaban J connectivity index is 2.50. The highest BCUT2D eigenvalue weighted by Crippen LogP contribution is 2.26. The first-order chi connectivity index (χ1) is 8.58. The molecule has 0 aliphatic carbocycles. The second-order valence-corrected chi connectivity index (χ2v) is 3.76. The van der Waals surface area contributed by atoms with E-state index in [2.05, 4.69) is 0 Å². The van der Waals surface area contributed by atoms with E-state index in [4.69, 9.17) is 15.6 Å². The molecule has 0 atom stereocenters. The minimum Gasteiger partial charge on any atom is -0.483 e. The van der Waals surface area contributed by atoms with Gasteiger partial charge in [-0.2, -0.15) is 0 Å². The summed E-state index contributed by atoms with van der Waals surface area (Å²) in [6.07, 6.45) is 0. The van der Waals surface area contributed by atoms with Gasteiger partial charge in [0.25, 0.3) is 5.91 Å². The Labute approximate surface area is 103 Å². The van der Waals surface area contributed by atoms with Gasteiger partial charge in [0.1, 0.15) is 11.3 Å². The average molecular weight is 245 g/mol. The topological polar surface area (TPSA) is 89.6 Å². The first-order valence-corrected chi connectivity index (χ1v) is 5.25. The Bertz CT molecular complexity index is 621. The van der Waals surface area contributed by atoms with Crippen LogP contribution in [0, 0.1) is 0 Å². The Morgan fingerprint density at radius 1 is 1.17 bits per heavy atom. The minimum absolute atomic E-state index is 0.00921. The van der Waals surface area contributed by atoms with Crippen molar-refractivity contribution >= 4 is 22.6 Å². The fraction of sp³-hybridized carbons (Fsp3) is 0.0769. The molecule has 2 aromatic rings. The van der Waals surface area contributed by atoms with Gasteiger partial charge < -0.3 is 15.6 Å². The monoisotopic (exact) mass is 245 g/mol. The third-order valence-electron chi connectivity index (χ3n) is 2.45. The van der Waals surface area contributed by atoms with Gasteiger partial charge in [0.2, 0.25) is 0 Å². The number of primary amides is 1. The van der Waals surface area contributed by atoms with Crippen molar-refractivity contribution in [2.75, 3.05) is 6.61 Å². The zero-order valence-corrected chi connectivity index (χ0v) is 9.42. The van der Waals surface area contributed by atoms with E-state index in [-0.39, 0.29) is 17.9 Å². The second-order valence-electron chi connectivity index (χ2n) is 3.76. The number of carbonyl (C=O) groups excluding carboxylic acids is 1. The lowest BCUT2D eigenvalue weighted by molar-refractivity contribution is -0.119. The molecule has 0 aliphatic heterocycles. The van der Waals surface area contributed by atoms with E-state index in [1.807, 2.05) is 18.2 Å². The minimum atomic E-state index is -1.11. The molecule has 0 heterocycles. The molecule has 0 radical (unpaired) electrons. The van der Waals surface area contributed by atoms with Crippen molar-refractivity contribution < 1.29 is 19.4 Å². The van der Waals surface area contributed by atoms with Crippen LogP contribution in [-0.4, -0.2) is 23.6 Å². The van der Waals surface area contributed by atoms with Crippen LogP contribution in [-0.2, 0) is 4.79 Å². The van der Waals surface area contributed by atoms with Crippen molar-refractivity contribution in [1.82, 2.24) is 0 Å². The van der Waals surface area contributed by atoms with Crippen molar-refractivity contribution in [2.24, 2.45) is 5.73 Å². The van der Waals surface area contributed by atoms with E-state index in [1.54, 1.807) is 12.1 Å². The number of benzene rings is 2. The molecule has 0 saturated carbocycles. The van der Waals surface area contributed by atoms with Crippen molar-refractivity contribution in [2.45, 2.75) is 0 Å². The lowest BCUT2D eigenvalue weighted by Crippen LogP contribution is -2.20. The number of hydrogen-bond donors (Lipinski definition) is 2. The first-order valence-electron chi connectivity index (χ1n) is 5.25. The van der Waals surface area contributed by atoms with Crippen LogP contribution in [0.2, 0.25) is 0 Å². The summed E-state index contributed by atoms with van der Waals surface area (Å²) in [6, 6.07) is 10.4. The van der Waals surface area contributed by atoms with Gasteiger partial charge in [-0.3, -0.25) is 4.79 Å². The van der Waals surface area contributed by atoms with Crippen molar-refractivity contribution in [1.29, 1.82) is 0 Å². The maximum absolute atomic E-state index is 11.1. The van der Waals surface area contributed by atoms with Crippen LogP contribution in [0.4, 0.5) is 0 Å². The third-order valence-corrected chi connectivity index (χ3v) is 2.45. The summed E-state index contributed by atoms with van der Waals surface area (Å²) in [6.45, 7) is -0.349. The molecule has 1 amide bonds. The standard InChI is InChI=1S/C13H11NO4/c14-12(15)7-18-11-6-9-4-2-1-3-8(9)5-10(11)13(16)17/h1-6H,7H2,(H2,14,15)(H,16,17). The van der Waals surface area contributed by atoms with Crippen LogP contribution in [0.1, 0.15) is 10.4 Å². The van der Waals surface area contributed by atoms with E-state index in [9.17, 15) is 9.59 Å². The SMILES string of the molecule is NC(=O)COc1cc2ccccc2cc1C(=O)O. The normalized spacial score (nSPS) is 10.2. The second kappa shape index (κ2) is 4.75. The number of carboxylic acids is 1. The fourth-order valence-corrected chi connectivity index (χ4v) is 1.65. The predicted octanol–water partition coefficient (Wildman–Crippen LogP) is 1.40. The Morgan fingerprint density at radius 2 is 1.78 bits per heavy atom. The lowest BCUT2D eigenvalue weighted by atomic mass is 10.1. The smallest absolute Gasteiger partial charge is 0.339 e. The number of hydrogen-bond acceptors (Lipinski definition) is 3. The van der Waals surface area contributed by atoms with E-state index >= 15 is 0 Å². The van der Waals surface area contributed by atoms with Crippen molar-refractivity contribution in [3.63, 3.8) is 0 Å². The molecule has 0 bridgehead atoms. The number of rotatable bonds is 4. The molecule has 5 heteroatoms. The van der Waals surface area contributed by atoms with Gasteiger partial charge in [-0.1, -0.05) is 24.3 Å². The third kappa shape index (κ3) is 2.40. The number of amides is 1. The van der Waals surface area contributed by atoms with Crippen LogP contribution in [0.25, 0.3) is 10.8 Å². The summed E-state index contributed by atoms with van der Waals surface area (Å²) in [5.41, 5.74) is 4.98. The van der Waals surface area contributed by atoms with Crippen LogP contribution >= 0.6 is 0 Å². The van der Waals surface area contributed by atoms with Crippen molar-refractivity contribution in [3.05, 3.63) is 42.0 Å². The highest BCUT2D eigenvalue weighted by Gasteiger charge is 2.13. The Morgan fingerprint density at radius 3 is 2.33 bits per heavy atom. The van der Waals surface area contributed by atoms with E-state index in [1.165, 1.54) is 6.07 Å². The van der Waals surface area contributed by atoms with Crippen LogP contribution in [0.15, 0.2) is 36.4 Å². The molecule has 0 unspecified atom stereocenters. The van der Waals surface area contributed by atoms with Crippen LogP contribution < -0.4 is 10.5 Å². The summed E-state index contributed by atoms with van der Waals surface area (Å²) >= 11 is 0. The fourth-order valence-electron chi connectivity index (χ4n) is 1.65. The summed E-state index contributed by atoms with van der Waals surface area (Å²) in [5, 5.41) is 10.7. The van der Waals surface area contributed by atoms with E-state index in [0.29, 0.717) is 0 Å². The zero-order valence-electron chi connectivity index (χ0n) is 9.42. The molecule has 0 saturated heterocycles. The van der Waals surface area contributed by atoms with E-state index in [0.717, 1.165) is 10.8 Å².